The van der Waals surface area contributed by atoms with Crippen LogP contribution in [0.25, 0.3) is 0 Å². The summed E-state index contributed by atoms with van der Waals surface area (Å²) in [6.07, 6.45) is 3.67. The van der Waals surface area contributed by atoms with Gasteiger partial charge in [0.1, 0.15) is 0 Å². The summed E-state index contributed by atoms with van der Waals surface area (Å²) in [4.78, 5) is 34.2. The monoisotopic (exact) mass is 222 g/mol. The molecule has 2 N–H and O–H groups in total. The van der Waals surface area contributed by atoms with Gasteiger partial charge < -0.3 is 5.32 Å². The highest BCUT2D eigenvalue weighted by atomic mass is 16.2. The standard InChI is InChI=1S/C11H14N2O3/c1-5-3-4-7(12-6(2)14)9-8(5)10(15)13-11(9)16/h3-5,7-9H,1-2H3,(H,12,14)(H,13,15,16)/t5-,7+,8-,9+/m0/s1. The Hall–Kier alpha value is -1.65. The fraction of sp³-hybridized carbons (Fsp3) is 0.545. The van der Waals surface area contributed by atoms with Crippen LogP contribution in [0.1, 0.15) is 13.8 Å². The number of allylic oxidation sites excluding steroid dienone is 1. The van der Waals surface area contributed by atoms with Crippen molar-refractivity contribution in [2.24, 2.45) is 17.8 Å². The molecule has 0 aromatic rings. The van der Waals surface area contributed by atoms with E-state index in [2.05, 4.69) is 10.6 Å². The second kappa shape index (κ2) is 3.73. The molecule has 0 radical (unpaired) electrons. The molecule has 1 aliphatic carbocycles. The second-order valence-corrected chi connectivity index (χ2v) is 4.38. The first-order valence-electron chi connectivity index (χ1n) is 5.31. The maximum absolute atomic E-state index is 11.6. The van der Waals surface area contributed by atoms with Crippen molar-refractivity contribution in [3.8, 4) is 0 Å². The lowest BCUT2D eigenvalue weighted by molar-refractivity contribution is -0.126. The van der Waals surface area contributed by atoms with Crippen LogP contribution in [0.3, 0.4) is 0 Å². The van der Waals surface area contributed by atoms with Gasteiger partial charge in [-0.2, -0.15) is 0 Å². The third kappa shape index (κ3) is 1.62. The van der Waals surface area contributed by atoms with E-state index in [1.54, 1.807) is 6.08 Å². The number of hydrogen-bond donors (Lipinski definition) is 2. The fourth-order valence-electron chi connectivity index (χ4n) is 2.47. The fourth-order valence-corrected chi connectivity index (χ4v) is 2.47. The molecule has 3 amide bonds. The number of carbonyl (C=O) groups is 3. The van der Waals surface area contributed by atoms with Crippen molar-refractivity contribution in [2.75, 3.05) is 0 Å². The molecule has 0 bridgehead atoms. The summed E-state index contributed by atoms with van der Waals surface area (Å²) in [6, 6.07) is -0.370. The minimum absolute atomic E-state index is 0.0291. The van der Waals surface area contributed by atoms with E-state index in [9.17, 15) is 14.4 Å². The average Bonchev–Trinajstić information content (AvgIpc) is 2.47. The Morgan fingerprint density at radius 3 is 2.50 bits per heavy atom. The smallest absolute Gasteiger partial charge is 0.232 e. The number of imide groups is 1. The van der Waals surface area contributed by atoms with Gasteiger partial charge >= 0.3 is 0 Å². The molecule has 2 aliphatic rings. The Bertz CT molecular complexity index is 389. The second-order valence-electron chi connectivity index (χ2n) is 4.38. The van der Waals surface area contributed by atoms with Gasteiger partial charge in [0.25, 0.3) is 0 Å². The van der Waals surface area contributed by atoms with Crippen LogP contribution in [0.4, 0.5) is 0 Å². The van der Waals surface area contributed by atoms with Crippen molar-refractivity contribution in [1.29, 1.82) is 0 Å². The molecular weight excluding hydrogens is 208 g/mol. The summed E-state index contributed by atoms with van der Waals surface area (Å²) in [7, 11) is 0. The molecule has 1 heterocycles. The summed E-state index contributed by atoms with van der Waals surface area (Å²) in [5.41, 5.74) is 0. The van der Waals surface area contributed by atoms with Crippen LogP contribution >= 0.6 is 0 Å². The molecule has 0 spiro atoms. The van der Waals surface area contributed by atoms with E-state index in [1.807, 2.05) is 13.0 Å². The largest absolute Gasteiger partial charge is 0.349 e. The molecule has 0 saturated carbocycles. The third-order valence-electron chi connectivity index (χ3n) is 3.18. The van der Waals surface area contributed by atoms with Crippen molar-refractivity contribution >= 4 is 17.7 Å². The topological polar surface area (TPSA) is 75.3 Å². The highest BCUT2D eigenvalue weighted by Gasteiger charge is 2.49. The number of hydrogen-bond acceptors (Lipinski definition) is 3. The van der Waals surface area contributed by atoms with Crippen molar-refractivity contribution in [3.63, 3.8) is 0 Å². The molecular formula is C11H14N2O3. The summed E-state index contributed by atoms with van der Waals surface area (Å²) in [5, 5.41) is 5.01. The maximum Gasteiger partial charge on any atom is 0.232 e. The van der Waals surface area contributed by atoms with Gasteiger partial charge in [0.15, 0.2) is 0 Å². The zero-order valence-electron chi connectivity index (χ0n) is 9.19. The van der Waals surface area contributed by atoms with Crippen LogP contribution < -0.4 is 10.6 Å². The highest BCUT2D eigenvalue weighted by molar-refractivity contribution is 6.06. The molecule has 0 aromatic heterocycles. The molecule has 4 atom stereocenters. The predicted molar refractivity (Wildman–Crippen MR) is 56.0 cm³/mol. The van der Waals surface area contributed by atoms with Crippen LogP contribution in [-0.2, 0) is 14.4 Å². The Labute approximate surface area is 93.3 Å². The Morgan fingerprint density at radius 1 is 1.25 bits per heavy atom. The molecule has 5 nitrogen and oxygen atoms in total. The van der Waals surface area contributed by atoms with Gasteiger partial charge in [-0.05, 0) is 5.92 Å². The third-order valence-corrected chi connectivity index (χ3v) is 3.18. The first-order chi connectivity index (χ1) is 7.50. The van der Waals surface area contributed by atoms with E-state index in [1.165, 1.54) is 6.92 Å². The van der Waals surface area contributed by atoms with Gasteiger partial charge in [0, 0.05) is 6.92 Å². The number of rotatable bonds is 1. The molecule has 86 valence electrons. The Kier molecular flexibility index (Phi) is 2.53. The van der Waals surface area contributed by atoms with Gasteiger partial charge in [0.2, 0.25) is 17.7 Å². The van der Waals surface area contributed by atoms with Gasteiger partial charge in [-0.3, -0.25) is 19.7 Å². The van der Waals surface area contributed by atoms with Crippen molar-refractivity contribution in [3.05, 3.63) is 12.2 Å². The molecule has 0 aromatic carbocycles. The molecule has 16 heavy (non-hydrogen) atoms. The number of amides is 3. The first-order valence-corrected chi connectivity index (χ1v) is 5.31. The Morgan fingerprint density at radius 2 is 1.88 bits per heavy atom. The number of nitrogens with one attached hydrogen (secondary N) is 2. The van der Waals surface area contributed by atoms with Crippen molar-refractivity contribution in [1.82, 2.24) is 10.6 Å². The zero-order valence-corrected chi connectivity index (χ0v) is 9.19. The maximum atomic E-state index is 11.6. The Balaban J connectivity index is 2.29. The van der Waals surface area contributed by atoms with Crippen molar-refractivity contribution in [2.45, 2.75) is 19.9 Å². The molecule has 1 aliphatic heterocycles. The predicted octanol–water partition coefficient (Wildman–Crippen LogP) is -0.414. The van der Waals surface area contributed by atoms with Crippen LogP contribution in [0.15, 0.2) is 12.2 Å². The summed E-state index contributed by atoms with van der Waals surface area (Å²) < 4.78 is 0. The first kappa shape index (κ1) is 10.9. The van der Waals surface area contributed by atoms with Crippen LogP contribution in [0.2, 0.25) is 0 Å². The number of carbonyl (C=O) groups excluding carboxylic acids is 3. The average molecular weight is 222 g/mol. The van der Waals surface area contributed by atoms with E-state index >= 15 is 0 Å². The minimum atomic E-state index is -0.462. The van der Waals surface area contributed by atoms with E-state index in [0.29, 0.717) is 0 Å². The van der Waals surface area contributed by atoms with Crippen LogP contribution in [0, 0.1) is 17.8 Å². The van der Waals surface area contributed by atoms with Crippen LogP contribution in [0.5, 0.6) is 0 Å². The highest BCUT2D eigenvalue weighted by Crippen LogP contribution is 2.34. The minimum Gasteiger partial charge on any atom is -0.349 e. The van der Waals surface area contributed by atoms with E-state index in [0.717, 1.165) is 0 Å². The summed E-state index contributed by atoms with van der Waals surface area (Å²) >= 11 is 0. The summed E-state index contributed by atoms with van der Waals surface area (Å²) in [6.45, 7) is 3.30. The molecule has 1 fully saturated rings. The lowest BCUT2D eigenvalue weighted by Crippen LogP contribution is -2.46. The van der Waals surface area contributed by atoms with Gasteiger partial charge in [-0.1, -0.05) is 19.1 Å². The van der Waals surface area contributed by atoms with E-state index in [-0.39, 0.29) is 35.6 Å². The molecule has 0 unspecified atom stereocenters. The van der Waals surface area contributed by atoms with Crippen molar-refractivity contribution < 1.29 is 14.4 Å². The van der Waals surface area contributed by atoms with Crippen LogP contribution in [-0.4, -0.2) is 23.8 Å². The van der Waals surface area contributed by atoms with Gasteiger partial charge in [-0.25, -0.2) is 0 Å². The number of fused-ring (bicyclic) bond motifs is 1. The quantitative estimate of drug-likeness (QED) is 0.467. The molecule has 5 heteroatoms. The molecule has 1 saturated heterocycles. The molecule has 2 rings (SSSR count). The van der Waals surface area contributed by atoms with Gasteiger partial charge in [0.05, 0.1) is 17.9 Å². The lowest BCUT2D eigenvalue weighted by Gasteiger charge is -2.30. The lowest BCUT2D eigenvalue weighted by atomic mass is 9.75. The SMILES string of the molecule is CC(=O)N[C@@H]1C=C[C@H](C)[C@@H]2C(=O)NC(=O)[C@@H]21. The summed E-state index contributed by atoms with van der Waals surface area (Å²) in [5.74, 6) is -1.51. The normalized spacial score (nSPS) is 36.9. The van der Waals surface area contributed by atoms with Gasteiger partial charge in [-0.15, -0.1) is 0 Å². The zero-order chi connectivity index (χ0) is 11.9. The van der Waals surface area contributed by atoms with E-state index in [4.69, 9.17) is 0 Å². The van der Waals surface area contributed by atoms with E-state index < -0.39 is 5.92 Å².